The second kappa shape index (κ2) is 12.3. The van der Waals surface area contributed by atoms with E-state index in [1.165, 1.54) is 0 Å². The molecule has 0 fully saturated rings. The van der Waals surface area contributed by atoms with Crippen molar-refractivity contribution < 1.29 is 33.1 Å². The molecule has 0 radical (unpaired) electrons. The molecule has 0 spiro atoms. The summed E-state index contributed by atoms with van der Waals surface area (Å²) >= 11 is 5.84. The first-order valence-corrected chi connectivity index (χ1v) is 13.1. The molecule has 0 bridgehead atoms. The number of amides is 3. The van der Waals surface area contributed by atoms with Gasteiger partial charge in [0.15, 0.2) is 0 Å². The first-order valence-electron chi connectivity index (χ1n) is 12.7. The molecule has 4 N–H and O–H groups in total. The van der Waals surface area contributed by atoms with Gasteiger partial charge < -0.3 is 29.9 Å². The molecule has 2 heterocycles. The lowest BCUT2D eigenvalue weighted by atomic mass is 9.99. The summed E-state index contributed by atoms with van der Waals surface area (Å²) in [6, 6.07) is 7.17. The third-order valence-corrected chi connectivity index (χ3v) is 7.00. The molecule has 2 aromatic heterocycles. The van der Waals surface area contributed by atoms with E-state index in [1.807, 2.05) is 13.0 Å². The predicted molar refractivity (Wildman–Crippen MR) is 151 cm³/mol. The minimum Gasteiger partial charge on any atom is -0.480 e. The molecule has 0 unspecified atom stereocenters. The summed E-state index contributed by atoms with van der Waals surface area (Å²) in [6.45, 7) is 4.48. The van der Waals surface area contributed by atoms with Crippen molar-refractivity contribution in [1.29, 1.82) is 0 Å². The molecule has 1 atom stereocenters. The zero-order valence-corrected chi connectivity index (χ0v) is 23.3. The van der Waals surface area contributed by atoms with Crippen molar-refractivity contribution in [2.24, 2.45) is 0 Å². The van der Waals surface area contributed by atoms with Crippen molar-refractivity contribution >= 4 is 57.2 Å². The van der Waals surface area contributed by atoms with E-state index in [4.69, 9.17) is 20.4 Å². The SMILES string of the molecule is Cc1coc2c(C)c3oc(=O)c(CC(=O)NCC(=O)NCC(=O)N[C@H](Cc4ccc(Cl)cc4)C(=O)O)c(C)c3cc12. The van der Waals surface area contributed by atoms with Gasteiger partial charge in [-0.25, -0.2) is 9.59 Å². The number of hydrogen-bond acceptors (Lipinski definition) is 7. The number of carboxylic acids is 1. The molecule has 41 heavy (non-hydrogen) atoms. The van der Waals surface area contributed by atoms with Crippen molar-refractivity contribution in [3.05, 3.63) is 79.9 Å². The maximum Gasteiger partial charge on any atom is 0.340 e. The van der Waals surface area contributed by atoms with Gasteiger partial charge in [-0.1, -0.05) is 23.7 Å². The van der Waals surface area contributed by atoms with Crippen LogP contribution in [0.3, 0.4) is 0 Å². The Kier molecular flexibility index (Phi) is 8.77. The van der Waals surface area contributed by atoms with E-state index in [0.29, 0.717) is 38.3 Å². The van der Waals surface area contributed by atoms with Gasteiger partial charge in [-0.05, 0) is 55.7 Å². The van der Waals surface area contributed by atoms with Crippen molar-refractivity contribution in [3.63, 3.8) is 0 Å². The fraction of sp³-hybridized carbons (Fsp3) is 0.276. The number of furan rings is 1. The second-order valence-corrected chi connectivity index (χ2v) is 10.1. The highest BCUT2D eigenvalue weighted by molar-refractivity contribution is 6.30. The third-order valence-electron chi connectivity index (χ3n) is 6.75. The van der Waals surface area contributed by atoms with Gasteiger partial charge in [0.2, 0.25) is 17.7 Å². The van der Waals surface area contributed by atoms with Crippen LogP contribution in [-0.4, -0.2) is 47.9 Å². The Bertz CT molecular complexity index is 1720. The number of carbonyl (C=O) groups excluding carboxylic acids is 3. The molecule has 0 aliphatic rings. The molecule has 0 saturated heterocycles. The van der Waals surface area contributed by atoms with Crippen LogP contribution in [0.1, 0.15) is 27.8 Å². The normalized spacial score (nSPS) is 11.8. The Balaban J connectivity index is 1.31. The summed E-state index contributed by atoms with van der Waals surface area (Å²) < 4.78 is 11.1. The third kappa shape index (κ3) is 6.75. The fourth-order valence-electron chi connectivity index (χ4n) is 4.47. The molecule has 3 amide bonds. The number of carboxylic acid groups (broad SMARTS) is 1. The summed E-state index contributed by atoms with van der Waals surface area (Å²) in [5.74, 6) is -3.22. The number of hydrogen-bond donors (Lipinski definition) is 4. The van der Waals surface area contributed by atoms with E-state index < -0.39 is 48.4 Å². The number of benzene rings is 2. The van der Waals surface area contributed by atoms with E-state index in [1.54, 1.807) is 44.4 Å². The first-order chi connectivity index (χ1) is 19.4. The molecule has 0 aliphatic carbocycles. The minimum absolute atomic E-state index is 0.0244. The fourth-order valence-corrected chi connectivity index (χ4v) is 4.59. The Morgan fingerprint density at radius 2 is 1.56 bits per heavy atom. The van der Waals surface area contributed by atoms with E-state index in [2.05, 4.69) is 16.0 Å². The van der Waals surface area contributed by atoms with Crippen LogP contribution in [0.4, 0.5) is 0 Å². The number of aryl methyl sites for hydroxylation is 3. The highest BCUT2D eigenvalue weighted by Gasteiger charge is 2.22. The molecule has 11 nitrogen and oxygen atoms in total. The van der Waals surface area contributed by atoms with Gasteiger partial charge >= 0.3 is 11.6 Å². The summed E-state index contributed by atoms with van der Waals surface area (Å²) in [5, 5.41) is 18.6. The summed E-state index contributed by atoms with van der Waals surface area (Å²) in [7, 11) is 0. The van der Waals surface area contributed by atoms with Crippen LogP contribution in [0, 0.1) is 20.8 Å². The van der Waals surface area contributed by atoms with Crippen molar-refractivity contribution in [2.45, 2.75) is 39.7 Å². The lowest BCUT2D eigenvalue weighted by molar-refractivity contribution is -0.141. The van der Waals surface area contributed by atoms with Crippen molar-refractivity contribution in [3.8, 4) is 0 Å². The van der Waals surface area contributed by atoms with Gasteiger partial charge in [0.05, 0.1) is 31.3 Å². The molecule has 0 aliphatic heterocycles. The largest absolute Gasteiger partial charge is 0.480 e. The summed E-state index contributed by atoms with van der Waals surface area (Å²) in [6.07, 6.45) is 1.33. The van der Waals surface area contributed by atoms with E-state index in [-0.39, 0.29) is 18.4 Å². The van der Waals surface area contributed by atoms with Crippen LogP contribution in [-0.2, 0) is 32.0 Å². The quantitative estimate of drug-likeness (QED) is 0.207. The van der Waals surface area contributed by atoms with Crippen LogP contribution < -0.4 is 21.6 Å². The molecule has 4 aromatic rings. The molecule has 12 heteroatoms. The van der Waals surface area contributed by atoms with Gasteiger partial charge in [0.25, 0.3) is 0 Å². The van der Waals surface area contributed by atoms with Crippen LogP contribution >= 0.6 is 11.6 Å². The molecular weight excluding hydrogens is 554 g/mol. The Morgan fingerprint density at radius 1 is 0.902 bits per heavy atom. The molecule has 4 rings (SSSR count). The number of nitrogens with one attached hydrogen (secondary N) is 3. The topological polar surface area (TPSA) is 168 Å². The zero-order valence-electron chi connectivity index (χ0n) is 22.6. The van der Waals surface area contributed by atoms with Crippen LogP contribution in [0.25, 0.3) is 21.9 Å². The Labute approximate surface area is 238 Å². The Morgan fingerprint density at radius 3 is 2.24 bits per heavy atom. The predicted octanol–water partition coefficient (Wildman–Crippen LogP) is 2.70. The van der Waals surface area contributed by atoms with Crippen LogP contribution in [0.15, 0.2) is 50.2 Å². The van der Waals surface area contributed by atoms with Crippen LogP contribution in [0.5, 0.6) is 0 Å². The van der Waals surface area contributed by atoms with Gasteiger partial charge in [0.1, 0.15) is 17.2 Å². The van der Waals surface area contributed by atoms with Gasteiger partial charge in [-0.3, -0.25) is 14.4 Å². The minimum atomic E-state index is -1.24. The molecule has 2 aromatic carbocycles. The number of aliphatic carboxylic acids is 1. The maximum atomic E-state index is 12.7. The van der Waals surface area contributed by atoms with Gasteiger partial charge in [0, 0.05) is 27.8 Å². The van der Waals surface area contributed by atoms with Gasteiger partial charge in [-0.15, -0.1) is 0 Å². The number of halogens is 1. The maximum absolute atomic E-state index is 12.7. The zero-order chi connectivity index (χ0) is 29.8. The summed E-state index contributed by atoms with van der Waals surface area (Å²) in [5.41, 5.74) is 3.36. The summed E-state index contributed by atoms with van der Waals surface area (Å²) in [4.78, 5) is 61.3. The first kappa shape index (κ1) is 29.3. The molecule has 214 valence electrons. The molecule has 0 saturated carbocycles. The van der Waals surface area contributed by atoms with E-state index in [0.717, 1.165) is 10.9 Å². The lowest BCUT2D eigenvalue weighted by Crippen LogP contribution is -2.47. The standard InChI is InChI=1S/C29H28ClN3O8/c1-14-13-40-26-16(3)27-20(9-19(14)26)15(2)21(29(39)41-27)10-23(34)31-11-24(35)32-12-25(36)33-22(28(37)38)8-17-4-6-18(30)7-5-17/h4-7,9,13,22H,8,10-12H2,1-3H3,(H,31,34)(H,32,35)(H,33,36)(H,37,38)/t22-/m1/s1. The van der Waals surface area contributed by atoms with E-state index >= 15 is 0 Å². The number of carbonyl (C=O) groups is 4. The van der Waals surface area contributed by atoms with Crippen molar-refractivity contribution in [1.82, 2.24) is 16.0 Å². The second-order valence-electron chi connectivity index (χ2n) is 9.69. The lowest BCUT2D eigenvalue weighted by Gasteiger charge is -2.15. The van der Waals surface area contributed by atoms with Gasteiger partial charge in [-0.2, -0.15) is 0 Å². The molecular formula is C29H28ClN3O8. The smallest absolute Gasteiger partial charge is 0.340 e. The highest BCUT2D eigenvalue weighted by atomic mass is 35.5. The Hall–Kier alpha value is -4.64. The van der Waals surface area contributed by atoms with E-state index in [9.17, 15) is 29.1 Å². The van der Waals surface area contributed by atoms with Crippen molar-refractivity contribution in [2.75, 3.05) is 13.1 Å². The monoisotopic (exact) mass is 581 g/mol. The van der Waals surface area contributed by atoms with Crippen LogP contribution in [0.2, 0.25) is 5.02 Å². The average Bonchev–Trinajstić information content (AvgIpc) is 3.30. The number of fused-ring (bicyclic) bond motifs is 2. The average molecular weight is 582 g/mol. The number of rotatable bonds is 10. The highest BCUT2D eigenvalue weighted by Crippen LogP contribution is 2.32.